The van der Waals surface area contributed by atoms with Gasteiger partial charge in [0, 0.05) is 38.6 Å². The third-order valence-electron chi connectivity index (χ3n) is 9.55. The summed E-state index contributed by atoms with van der Waals surface area (Å²) in [6.45, 7) is -0.646. The van der Waals surface area contributed by atoms with Crippen LogP contribution in [0.5, 0.6) is 11.5 Å². The van der Waals surface area contributed by atoms with Gasteiger partial charge in [-0.2, -0.15) is 0 Å². The molecule has 0 saturated heterocycles. The average Bonchev–Trinajstić information content (AvgIpc) is 3.13. The minimum Gasteiger partial charge on any atom is -0.506 e. The van der Waals surface area contributed by atoms with Gasteiger partial charge in [0.15, 0.2) is 0 Å². The number of carbonyl (C=O) groups is 1. The van der Waals surface area contributed by atoms with E-state index in [1.807, 2.05) is 109 Å². The fraction of sp³-hybridized carbons (Fsp3) is 0.0526. The summed E-state index contributed by atoms with van der Waals surface area (Å²) in [7, 11) is 3.28. The van der Waals surface area contributed by atoms with Gasteiger partial charge in [0.25, 0.3) is 0 Å². The largest absolute Gasteiger partial charge is 0.506 e. The van der Waals surface area contributed by atoms with Gasteiger partial charge < -0.3 is 35.2 Å². The van der Waals surface area contributed by atoms with Crippen LogP contribution in [0.1, 0.15) is 5.56 Å². The van der Waals surface area contributed by atoms with Gasteiger partial charge in [-0.1, -0.05) is 72.8 Å². The minimum atomic E-state index is -0.383. The first-order chi connectivity index (χ1) is 23.5. The van der Waals surface area contributed by atoms with E-state index in [0.717, 1.165) is 61.0 Å². The Morgan fingerprint density at radius 3 is 1.94 bits per heavy atom. The summed E-state index contributed by atoms with van der Waals surface area (Å²) in [5, 5.41) is 27.8. The highest BCUT2D eigenvalue weighted by atomic mass is 16.5. The lowest BCUT2D eigenvalue weighted by atomic mass is 9.65. The Morgan fingerprint density at radius 2 is 1.27 bits per heavy atom. The quantitative estimate of drug-likeness (QED) is 0.211. The van der Waals surface area contributed by atoms with Gasteiger partial charge in [0.05, 0.1) is 30.7 Å². The van der Waals surface area contributed by atoms with Gasteiger partial charge in [0.2, 0.25) is 5.78 Å². The number of rotatable bonds is 5. The van der Waals surface area contributed by atoms with E-state index in [1.165, 1.54) is 0 Å². The first kappa shape index (κ1) is 28.1. The second-order valence-electron chi connectivity index (χ2n) is 12.1. The molecule has 0 fully saturated rings. The molecule has 8 nitrogen and oxygen atoms in total. The number of aliphatic hydroxyl groups excluding tert-OH is 1. The highest BCUT2D eigenvalue weighted by Crippen LogP contribution is 2.45. The lowest BCUT2D eigenvalue weighted by Crippen LogP contribution is -2.48. The molecule has 0 bridgehead atoms. The van der Waals surface area contributed by atoms with Crippen LogP contribution in [0.3, 0.4) is 0 Å². The van der Waals surface area contributed by atoms with Crippen LogP contribution in [0.2, 0.25) is 0 Å². The molecule has 0 amide bonds. The fourth-order valence-electron chi connectivity index (χ4n) is 7.13. The SMILES string of the molecule is COc1ccc(B2N=c3c(=C4C(=O)C(c5ccc6cccc7c6c5NB(c5ccc(OC)cc5)N7)=C4O)ccc4cccc(c34)N2)cc1. The van der Waals surface area contributed by atoms with E-state index in [0.29, 0.717) is 21.7 Å². The molecule has 10 heteroatoms. The molecule has 9 rings (SSSR count). The topological polar surface area (TPSA) is 104 Å². The summed E-state index contributed by atoms with van der Waals surface area (Å²) in [4.78, 5) is 19.4. The maximum absolute atomic E-state index is 14.2. The van der Waals surface area contributed by atoms with E-state index < -0.39 is 0 Å². The molecule has 6 aromatic carbocycles. The molecule has 2 heterocycles. The van der Waals surface area contributed by atoms with Crippen molar-refractivity contribution in [2.45, 2.75) is 0 Å². The molecule has 4 N–H and O–H groups in total. The molecule has 0 spiro atoms. The van der Waals surface area contributed by atoms with E-state index >= 15 is 0 Å². The smallest absolute Gasteiger partial charge is 0.427 e. The molecule has 0 aromatic heterocycles. The number of anilines is 3. The molecule has 0 unspecified atom stereocenters. The van der Waals surface area contributed by atoms with E-state index in [1.54, 1.807) is 14.2 Å². The zero-order chi connectivity index (χ0) is 32.5. The maximum atomic E-state index is 14.2. The number of nitrogens with zero attached hydrogens (tertiary/aromatic N) is 1. The van der Waals surface area contributed by atoms with Crippen LogP contribution in [0, 0.1) is 0 Å². The van der Waals surface area contributed by atoms with Crippen molar-refractivity contribution in [1.29, 1.82) is 0 Å². The third kappa shape index (κ3) is 4.19. The fourth-order valence-corrected chi connectivity index (χ4v) is 7.13. The van der Waals surface area contributed by atoms with Gasteiger partial charge in [-0.05, 0) is 58.1 Å². The van der Waals surface area contributed by atoms with Crippen LogP contribution < -0.4 is 46.7 Å². The van der Waals surface area contributed by atoms with E-state index in [4.69, 9.17) is 14.4 Å². The van der Waals surface area contributed by atoms with Crippen LogP contribution in [-0.2, 0) is 4.79 Å². The molecule has 0 saturated carbocycles. The van der Waals surface area contributed by atoms with E-state index in [-0.39, 0.29) is 31.1 Å². The Kier molecular flexibility index (Phi) is 6.27. The minimum absolute atomic E-state index is 0.0303. The van der Waals surface area contributed by atoms with Crippen molar-refractivity contribution in [2.75, 3.05) is 29.9 Å². The predicted molar refractivity (Wildman–Crippen MR) is 194 cm³/mol. The summed E-state index contributed by atoms with van der Waals surface area (Å²) in [5.74, 6) is 1.28. The summed E-state index contributed by atoms with van der Waals surface area (Å²) >= 11 is 0. The molecule has 230 valence electrons. The number of hydrogen-bond acceptors (Lipinski definition) is 8. The van der Waals surface area contributed by atoms with Gasteiger partial charge in [-0.25, -0.2) is 0 Å². The van der Waals surface area contributed by atoms with Gasteiger partial charge in [-0.15, -0.1) is 0 Å². The molecule has 6 aromatic rings. The highest BCUT2D eigenvalue weighted by molar-refractivity contribution is 6.80. The van der Waals surface area contributed by atoms with Crippen molar-refractivity contribution in [1.82, 2.24) is 0 Å². The number of carbonyl (C=O) groups excluding carboxylic acids is 1. The Morgan fingerprint density at radius 1 is 0.646 bits per heavy atom. The molecule has 0 radical (unpaired) electrons. The second-order valence-corrected chi connectivity index (χ2v) is 12.1. The number of ether oxygens (including phenoxy) is 2. The van der Waals surface area contributed by atoms with Crippen LogP contribution in [0.4, 0.5) is 17.1 Å². The van der Waals surface area contributed by atoms with Crippen LogP contribution >= 0.6 is 0 Å². The first-order valence-corrected chi connectivity index (χ1v) is 15.8. The Hall–Kier alpha value is -6.15. The van der Waals surface area contributed by atoms with Crippen molar-refractivity contribution < 1.29 is 19.4 Å². The zero-order valence-electron chi connectivity index (χ0n) is 26.2. The lowest BCUT2D eigenvalue weighted by molar-refractivity contribution is -0.109. The maximum Gasteiger partial charge on any atom is 0.427 e. The van der Waals surface area contributed by atoms with Crippen molar-refractivity contribution in [3.8, 4) is 11.5 Å². The summed E-state index contributed by atoms with van der Waals surface area (Å²) in [5.41, 5.74) is 5.85. The van der Waals surface area contributed by atoms with Crippen molar-refractivity contribution in [3.05, 3.63) is 131 Å². The molecule has 48 heavy (non-hydrogen) atoms. The lowest BCUT2D eigenvalue weighted by Gasteiger charge is -2.31. The number of methoxy groups -OCH3 is 2. The van der Waals surface area contributed by atoms with Crippen LogP contribution in [0.25, 0.3) is 32.7 Å². The molecule has 0 atom stereocenters. The average molecular weight is 626 g/mol. The van der Waals surface area contributed by atoms with Crippen molar-refractivity contribution >= 4 is 80.4 Å². The molecule has 3 aliphatic rings. The van der Waals surface area contributed by atoms with Gasteiger partial charge in [0.1, 0.15) is 17.3 Å². The number of nitrogens with one attached hydrogen (secondary N) is 3. The summed E-state index contributed by atoms with van der Waals surface area (Å²) in [6, 6.07) is 35.6. The van der Waals surface area contributed by atoms with Crippen molar-refractivity contribution in [3.63, 3.8) is 0 Å². The summed E-state index contributed by atoms with van der Waals surface area (Å²) in [6.07, 6.45) is 0. The standard InChI is InChI=1S/C38H28B2N4O4/c1-47-25-15-11-23(12-16-25)39-41-29-7-3-5-21-9-19-27(35(43-39)31(21)29)33-37(45)34(38(33)46)28-20-10-22-6-4-8-30-32(22)36(28)44-40(42-30)24-13-17-26(48-2)18-14-24/h3-20,41-43,45H,1-2H3. The third-order valence-corrected chi connectivity index (χ3v) is 9.55. The van der Waals surface area contributed by atoms with Gasteiger partial charge >= 0.3 is 14.0 Å². The zero-order valence-corrected chi connectivity index (χ0v) is 26.2. The first-order valence-electron chi connectivity index (χ1n) is 15.8. The van der Waals surface area contributed by atoms with Crippen molar-refractivity contribution in [2.24, 2.45) is 4.90 Å². The normalized spacial score (nSPS) is 15.8. The Bertz CT molecular complexity index is 2500. The van der Waals surface area contributed by atoms with E-state index in [2.05, 4.69) is 15.7 Å². The molecule has 2 aliphatic heterocycles. The highest BCUT2D eigenvalue weighted by Gasteiger charge is 2.39. The number of hydrogen-bond donors (Lipinski definition) is 4. The molecular weight excluding hydrogens is 598 g/mol. The number of allylic oxidation sites excluding steroid dienone is 2. The van der Waals surface area contributed by atoms with Crippen LogP contribution in [-0.4, -0.2) is 39.1 Å². The number of benzene rings is 6. The predicted octanol–water partition coefficient (Wildman–Crippen LogP) is 4.39. The Labute approximate surface area is 276 Å². The number of aliphatic hydroxyl groups is 1. The van der Waals surface area contributed by atoms with Crippen LogP contribution in [0.15, 0.2) is 120 Å². The summed E-state index contributed by atoms with van der Waals surface area (Å²) < 4.78 is 10.7. The number of Topliss-reactive ketones (excluding diaryl/α,β-unsaturated/α-hetero) is 1. The molecule has 1 aliphatic carbocycles. The second kappa shape index (κ2) is 10.7. The molecular formula is C38H28B2N4O4. The monoisotopic (exact) mass is 626 g/mol. The van der Waals surface area contributed by atoms with E-state index in [9.17, 15) is 9.90 Å². The van der Waals surface area contributed by atoms with Gasteiger partial charge in [-0.3, -0.25) is 4.79 Å². The number of ketones is 1. The Balaban J connectivity index is 1.21.